The Morgan fingerprint density at radius 1 is 1.32 bits per heavy atom. The highest BCUT2D eigenvalue weighted by atomic mass is 15.1. The van der Waals surface area contributed by atoms with Crippen LogP contribution in [0.25, 0.3) is 0 Å². The number of nitrogens with one attached hydrogen (secondary N) is 2. The molecule has 1 unspecified atom stereocenters. The molecule has 22 heavy (non-hydrogen) atoms. The van der Waals surface area contributed by atoms with Gasteiger partial charge in [-0.2, -0.15) is 0 Å². The van der Waals surface area contributed by atoms with E-state index in [0.29, 0.717) is 0 Å². The van der Waals surface area contributed by atoms with Crippen LogP contribution < -0.4 is 10.6 Å². The van der Waals surface area contributed by atoms with Crippen LogP contribution >= 0.6 is 0 Å². The summed E-state index contributed by atoms with van der Waals surface area (Å²) in [6.07, 6.45) is 4.28. The van der Waals surface area contributed by atoms with Crippen LogP contribution in [0.1, 0.15) is 59.2 Å². The number of aryl methyl sites for hydroxylation is 1. The molecule has 2 rings (SSSR count). The van der Waals surface area contributed by atoms with Gasteiger partial charge in [-0.15, -0.1) is 0 Å². The highest BCUT2D eigenvalue weighted by Crippen LogP contribution is 2.28. The van der Waals surface area contributed by atoms with Crippen LogP contribution in [0.4, 0.5) is 0 Å². The molecule has 2 heterocycles. The van der Waals surface area contributed by atoms with Gasteiger partial charge in [0, 0.05) is 31.0 Å². The third-order valence-corrected chi connectivity index (χ3v) is 3.96. The Kier molecular flexibility index (Phi) is 5.00. The number of hydrogen-bond donors (Lipinski definition) is 2. The van der Waals surface area contributed by atoms with Crippen LogP contribution in [0.5, 0.6) is 0 Å². The lowest BCUT2D eigenvalue weighted by Gasteiger charge is -2.36. The Labute approximate surface area is 135 Å². The average molecular weight is 304 g/mol. The van der Waals surface area contributed by atoms with Crippen LogP contribution in [-0.2, 0) is 7.05 Å². The van der Waals surface area contributed by atoms with E-state index in [0.717, 1.165) is 31.8 Å². The molecule has 0 aliphatic carbocycles. The zero-order valence-electron chi connectivity index (χ0n) is 15.0. The van der Waals surface area contributed by atoms with Crippen molar-refractivity contribution in [2.45, 2.75) is 59.0 Å². The summed E-state index contributed by atoms with van der Waals surface area (Å²) in [5, 5.41) is 7.38. The zero-order chi connectivity index (χ0) is 16.4. The molecule has 0 bridgehead atoms. The van der Waals surface area contributed by atoms with Gasteiger partial charge in [0.05, 0.1) is 0 Å². The molecule has 0 aromatic carbocycles. The van der Waals surface area contributed by atoms with E-state index >= 15 is 0 Å². The second-order valence-electron chi connectivity index (χ2n) is 8.30. The number of aromatic nitrogens is 1. The summed E-state index contributed by atoms with van der Waals surface area (Å²) in [6.45, 7) is 13.3. The molecule has 1 aromatic heterocycles. The molecule has 0 spiro atoms. The summed E-state index contributed by atoms with van der Waals surface area (Å²) in [5.74, 6) is 1.08. The molecule has 0 amide bonds. The molecule has 0 saturated heterocycles. The summed E-state index contributed by atoms with van der Waals surface area (Å²) in [7, 11) is 2.10. The van der Waals surface area contributed by atoms with Crippen molar-refractivity contribution in [3.63, 3.8) is 0 Å². The van der Waals surface area contributed by atoms with Crippen LogP contribution in [0.15, 0.2) is 23.3 Å². The molecule has 2 N–H and O–H groups in total. The van der Waals surface area contributed by atoms with E-state index < -0.39 is 0 Å². The Bertz CT molecular complexity index is 519. The molecular weight excluding hydrogens is 272 g/mol. The second-order valence-corrected chi connectivity index (χ2v) is 8.30. The largest absolute Gasteiger partial charge is 0.367 e. The van der Waals surface area contributed by atoms with E-state index in [1.54, 1.807) is 0 Å². The van der Waals surface area contributed by atoms with Gasteiger partial charge in [0.15, 0.2) is 0 Å². The van der Waals surface area contributed by atoms with Crippen molar-refractivity contribution in [2.75, 3.05) is 13.1 Å². The normalized spacial score (nSPS) is 20.5. The number of rotatable bonds is 3. The fourth-order valence-corrected chi connectivity index (χ4v) is 3.56. The van der Waals surface area contributed by atoms with Crippen molar-refractivity contribution in [1.82, 2.24) is 15.2 Å². The topological polar surface area (TPSA) is 41.4 Å². The molecule has 0 radical (unpaired) electrons. The first-order valence-corrected chi connectivity index (χ1v) is 8.35. The second kappa shape index (κ2) is 6.45. The molecule has 0 fully saturated rings. The van der Waals surface area contributed by atoms with Gasteiger partial charge in [-0.25, -0.2) is 0 Å². The van der Waals surface area contributed by atoms with Crippen LogP contribution in [-0.4, -0.2) is 29.0 Å². The Hall–Kier alpha value is -1.29. The first-order chi connectivity index (χ1) is 10.2. The van der Waals surface area contributed by atoms with Crippen molar-refractivity contribution >= 4 is 5.84 Å². The summed E-state index contributed by atoms with van der Waals surface area (Å²) >= 11 is 0. The van der Waals surface area contributed by atoms with Gasteiger partial charge >= 0.3 is 0 Å². The smallest absolute Gasteiger partial charge is 0.120 e. The highest BCUT2D eigenvalue weighted by molar-refractivity contribution is 5.89. The lowest BCUT2D eigenvalue weighted by Crippen LogP contribution is -2.50. The molecule has 0 saturated carbocycles. The predicted molar refractivity (Wildman–Crippen MR) is 94.4 cm³/mol. The number of aliphatic imine (C=N–C) groups is 1. The molecule has 124 valence electrons. The van der Waals surface area contributed by atoms with Crippen molar-refractivity contribution in [3.8, 4) is 0 Å². The fraction of sp³-hybridized carbons (Fsp3) is 0.722. The maximum atomic E-state index is 4.85. The van der Waals surface area contributed by atoms with E-state index in [-0.39, 0.29) is 17.0 Å². The Balaban J connectivity index is 2.21. The molecule has 4 heteroatoms. The SMILES string of the molecule is Cn1cccc1C1NCCCN=C1NC(C)(C)CC(C)(C)C. The molecule has 1 aliphatic heterocycles. The Morgan fingerprint density at radius 3 is 2.64 bits per heavy atom. The monoisotopic (exact) mass is 304 g/mol. The van der Waals surface area contributed by atoms with Crippen molar-refractivity contribution in [1.29, 1.82) is 0 Å². The van der Waals surface area contributed by atoms with Gasteiger partial charge in [0.2, 0.25) is 0 Å². The van der Waals surface area contributed by atoms with Gasteiger partial charge in [-0.3, -0.25) is 4.99 Å². The van der Waals surface area contributed by atoms with E-state index in [1.807, 2.05) is 0 Å². The maximum absolute atomic E-state index is 4.85. The first kappa shape index (κ1) is 17.1. The van der Waals surface area contributed by atoms with Crippen LogP contribution in [0.2, 0.25) is 0 Å². The lowest BCUT2D eigenvalue weighted by molar-refractivity contribution is 0.265. The molecular formula is C18H32N4. The van der Waals surface area contributed by atoms with E-state index in [4.69, 9.17) is 4.99 Å². The lowest BCUT2D eigenvalue weighted by atomic mass is 9.81. The molecule has 1 aliphatic rings. The van der Waals surface area contributed by atoms with Gasteiger partial charge in [-0.05, 0) is 50.8 Å². The maximum Gasteiger partial charge on any atom is 0.120 e. The molecule has 4 nitrogen and oxygen atoms in total. The Morgan fingerprint density at radius 2 is 2.05 bits per heavy atom. The summed E-state index contributed by atoms with van der Waals surface area (Å²) in [4.78, 5) is 4.85. The molecule has 1 atom stereocenters. The van der Waals surface area contributed by atoms with Gasteiger partial charge in [-0.1, -0.05) is 20.8 Å². The average Bonchev–Trinajstić information content (AvgIpc) is 2.63. The fourth-order valence-electron chi connectivity index (χ4n) is 3.56. The standard InChI is InChI=1S/C18H32N4/c1-17(2,3)13-18(4,5)21-16-15(19-10-8-11-20-16)14-9-7-12-22(14)6/h7,9,12,15,19H,8,10-11,13H2,1-6H3,(H,20,21). The first-order valence-electron chi connectivity index (χ1n) is 8.35. The zero-order valence-corrected chi connectivity index (χ0v) is 15.0. The summed E-state index contributed by atoms with van der Waals surface area (Å²) in [5.41, 5.74) is 1.57. The van der Waals surface area contributed by atoms with Gasteiger partial charge in [0.25, 0.3) is 0 Å². The van der Waals surface area contributed by atoms with Crippen molar-refractivity contribution in [2.24, 2.45) is 17.5 Å². The van der Waals surface area contributed by atoms with E-state index in [9.17, 15) is 0 Å². The highest BCUT2D eigenvalue weighted by Gasteiger charge is 2.30. The van der Waals surface area contributed by atoms with Gasteiger partial charge in [0.1, 0.15) is 11.9 Å². The summed E-state index contributed by atoms with van der Waals surface area (Å²) < 4.78 is 2.18. The van der Waals surface area contributed by atoms with Crippen LogP contribution in [0.3, 0.4) is 0 Å². The minimum atomic E-state index is 0.0204. The number of amidine groups is 1. The van der Waals surface area contributed by atoms with E-state index in [1.165, 1.54) is 5.69 Å². The number of hydrogen-bond acceptors (Lipinski definition) is 3. The number of nitrogens with zero attached hydrogens (tertiary/aromatic N) is 2. The van der Waals surface area contributed by atoms with Crippen molar-refractivity contribution < 1.29 is 0 Å². The van der Waals surface area contributed by atoms with Crippen LogP contribution in [0, 0.1) is 5.41 Å². The minimum Gasteiger partial charge on any atom is -0.367 e. The quantitative estimate of drug-likeness (QED) is 0.900. The summed E-state index contributed by atoms with van der Waals surface area (Å²) in [6, 6.07) is 4.43. The molecule has 1 aromatic rings. The van der Waals surface area contributed by atoms with Crippen molar-refractivity contribution in [3.05, 3.63) is 24.0 Å². The third kappa shape index (κ3) is 4.60. The third-order valence-electron chi connectivity index (χ3n) is 3.96. The van der Waals surface area contributed by atoms with Gasteiger partial charge < -0.3 is 15.2 Å². The minimum absolute atomic E-state index is 0.0204. The van der Waals surface area contributed by atoms with E-state index in [2.05, 4.69) is 75.2 Å². The predicted octanol–water partition coefficient (Wildman–Crippen LogP) is 3.26.